The molecule has 2 saturated heterocycles. The van der Waals surface area contributed by atoms with E-state index >= 15 is 0 Å². The first-order valence-corrected chi connectivity index (χ1v) is 16.7. The number of carbonyl (C=O) groups excluding carboxylic acids is 2. The molecule has 0 spiro atoms. The summed E-state index contributed by atoms with van der Waals surface area (Å²) in [4.78, 5) is 40.4. The van der Waals surface area contributed by atoms with Crippen molar-refractivity contribution >= 4 is 24.0 Å². The maximum atomic E-state index is 12.7. The Kier molecular flexibility index (Phi) is 10.1. The topological polar surface area (TPSA) is 109 Å². The van der Waals surface area contributed by atoms with Gasteiger partial charge in [-0.25, -0.2) is 14.6 Å². The molecular weight excluding hydrogens is 584 g/mol. The molecule has 2 aromatic rings. The van der Waals surface area contributed by atoms with E-state index in [0.29, 0.717) is 30.9 Å². The number of aromatic nitrogens is 2. The molecular formula is C35H52N6O5. The van der Waals surface area contributed by atoms with Crippen LogP contribution < -0.4 is 10.2 Å². The fourth-order valence-electron chi connectivity index (χ4n) is 6.23. The largest absolute Gasteiger partial charge is 0.447 e. The number of anilines is 2. The van der Waals surface area contributed by atoms with Gasteiger partial charge in [-0.15, -0.1) is 0 Å². The molecule has 3 heterocycles. The Balaban J connectivity index is 1.23. The first kappa shape index (κ1) is 33.9. The van der Waals surface area contributed by atoms with E-state index in [9.17, 15) is 9.59 Å². The predicted octanol–water partition coefficient (Wildman–Crippen LogP) is 6.57. The molecule has 3 fully saturated rings. The number of cyclic esters (lactones) is 1. The third-order valence-electron chi connectivity index (χ3n) is 8.70. The summed E-state index contributed by atoms with van der Waals surface area (Å²) >= 11 is 0. The molecule has 0 bridgehead atoms. The summed E-state index contributed by atoms with van der Waals surface area (Å²) < 4.78 is 17.1. The highest BCUT2D eigenvalue weighted by Crippen LogP contribution is 2.40. The lowest BCUT2D eigenvalue weighted by Crippen LogP contribution is -2.50. The number of piperazine rings is 1. The monoisotopic (exact) mass is 636 g/mol. The van der Waals surface area contributed by atoms with Gasteiger partial charge in [-0.3, -0.25) is 9.80 Å². The lowest BCUT2D eigenvalue weighted by Gasteiger charge is -2.40. The summed E-state index contributed by atoms with van der Waals surface area (Å²) in [7, 11) is 0. The van der Waals surface area contributed by atoms with E-state index in [4.69, 9.17) is 14.2 Å². The number of benzene rings is 1. The van der Waals surface area contributed by atoms with E-state index in [0.717, 1.165) is 31.0 Å². The van der Waals surface area contributed by atoms with Crippen molar-refractivity contribution in [2.24, 2.45) is 5.92 Å². The molecule has 1 unspecified atom stereocenters. The van der Waals surface area contributed by atoms with Crippen molar-refractivity contribution < 1.29 is 23.8 Å². The first-order chi connectivity index (χ1) is 21.7. The van der Waals surface area contributed by atoms with E-state index in [-0.39, 0.29) is 36.5 Å². The molecule has 2 aliphatic heterocycles. The van der Waals surface area contributed by atoms with Crippen LogP contribution in [0.25, 0.3) is 0 Å². The zero-order chi connectivity index (χ0) is 33.2. The van der Waals surface area contributed by atoms with E-state index in [1.165, 1.54) is 18.4 Å². The molecule has 252 valence electrons. The van der Waals surface area contributed by atoms with Crippen LogP contribution in [-0.2, 0) is 14.2 Å². The molecule has 1 aliphatic carbocycles. The molecule has 11 heteroatoms. The van der Waals surface area contributed by atoms with Crippen LogP contribution in [0.1, 0.15) is 97.9 Å². The van der Waals surface area contributed by atoms with Crippen molar-refractivity contribution in [3.05, 3.63) is 47.7 Å². The molecule has 11 nitrogen and oxygen atoms in total. The third-order valence-corrected chi connectivity index (χ3v) is 8.70. The van der Waals surface area contributed by atoms with Gasteiger partial charge in [0.15, 0.2) is 0 Å². The van der Waals surface area contributed by atoms with Gasteiger partial charge >= 0.3 is 12.2 Å². The molecule has 1 aromatic carbocycles. The second-order valence-electron chi connectivity index (χ2n) is 14.9. The number of rotatable bonds is 10. The number of nitrogens with zero attached hydrogens (tertiary/aromatic N) is 5. The maximum absolute atomic E-state index is 12.7. The van der Waals surface area contributed by atoms with Crippen LogP contribution >= 0.6 is 0 Å². The van der Waals surface area contributed by atoms with Gasteiger partial charge < -0.3 is 24.4 Å². The predicted molar refractivity (Wildman–Crippen MR) is 178 cm³/mol. The lowest BCUT2D eigenvalue weighted by molar-refractivity contribution is -0.0618. The first-order valence-electron chi connectivity index (χ1n) is 16.7. The van der Waals surface area contributed by atoms with Crippen LogP contribution in [0.4, 0.5) is 21.4 Å². The summed E-state index contributed by atoms with van der Waals surface area (Å²) in [5.41, 5.74) is 1.57. The normalized spacial score (nSPS) is 21.5. The van der Waals surface area contributed by atoms with Crippen molar-refractivity contribution in [3.63, 3.8) is 0 Å². The molecule has 3 aliphatic rings. The molecule has 46 heavy (non-hydrogen) atoms. The highest BCUT2D eigenvalue weighted by Gasteiger charge is 2.40. The molecule has 0 radical (unpaired) electrons. The van der Waals surface area contributed by atoms with Crippen LogP contribution in [0.3, 0.4) is 0 Å². The van der Waals surface area contributed by atoms with Crippen molar-refractivity contribution in [3.8, 4) is 0 Å². The summed E-state index contributed by atoms with van der Waals surface area (Å²) in [6.45, 7) is 19.0. The molecule has 4 atom stereocenters. The van der Waals surface area contributed by atoms with E-state index < -0.39 is 11.7 Å². The van der Waals surface area contributed by atoms with Gasteiger partial charge in [0.2, 0.25) is 5.95 Å². The summed E-state index contributed by atoms with van der Waals surface area (Å²) in [6.07, 6.45) is 4.48. The average Bonchev–Trinajstić information content (AvgIpc) is 3.72. The fourth-order valence-corrected chi connectivity index (χ4v) is 6.23. The lowest BCUT2D eigenvalue weighted by atomic mass is 9.96. The van der Waals surface area contributed by atoms with E-state index in [2.05, 4.69) is 51.4 Å². The van der Waals surface area contributed by atoms with Gasteiger partial charge in [0.05, 0.1) is 17.7 Å². The number of amides is 2. The molecule has 1 aromatic heterocycles. The van der Waals surface area contributed by atoms with Crippen LogP contribution in [-0.4, -0.2) is 88.1 Å². The Labute approximate surface area is 274 Å². The Bertz CT molecular complexity index is 1340. The van der Waals surface area contributed by atoms with Crippen LogP contribution in [0.2, 0.25) is 0 Å². The third kappa shape index (κ3) is 8.88. The van der Waals surface area contributed by atoms with Gasteiger partial charge in [-0.1, -0.05) is 37.1 Å². The Morgan fingerprint density at radius 3 is 2.24 bits per heavy atom. The Morgan fingerprint density at radius 1 is 0.978 bits per heavy atom. The molecule has 5 rings (SSSR count). The zero-order valence-electron chi connectivity index (χ0n) is 28.8. The number of ether oxygens (including phenoxy) is 3. The van der Waals surface area contributed by atoms with Crippen LogP contribution in [0, 0.1) is 5.92 Å². The highest BCUT2D eigenvalue weighted by molar-refractivity contribution is 5.89. The molecule has 1 N–H and O–H groups in total. The summed E-state index contributed by atoms with van der Waals surface area (Å²) in [5.74, 6) is 1.69. The minimum absolute atomic E-state index is 0.0620. The summed E-state index contributed by atoms with van der Waals surface area (Å²) in [5, 5.41) is 3.41. The maximum Gasteiger partial charge on any atom is 0.416 e. The minimum atomic E-state index is -0.490. The van der Waals surface area contributed by atoms with Crippen molar-refractivity contribution in [2.75, 3.05) is 43.0 Å². The molecule has 1 saturated carbocycles. The highest BCUT2D eigenvalue weighted by atomic mass is 16.6. The Morgan fingerprint density at radius 2 is 1.63 bits per heavy atom. The fraction of sp³-hybridized carbons (Fsp3) is 0.657. The van der Waals surface area contributed by atoms with Gasteiger partial charge in [-0.2, -0.15) is 4.98 Å². The van der Waals surface area contributed by atoms with Crippen molar-refractivity contribution in [2.45, 2.75) is 110 Å². The second kappa shape index (κ2) is 13.7. The van der Waals surface area contributed by atoms with Gasteiger partial charge in [0.25, 0.3) is 0 Å². The van der Waals surface area contributed by atoms with Gasteiger partial charge in [0.1, 0.15) is 24.1 Å². The second-order valence-corrected chi connectivity index (χ2v) is 14.9. The van der Waals surface area contributed by atoms with Crippen LogP contribution in [0.5, 0.6) is 0 Å². The van der Waals surface area contributed by atoms with E-state index in [1.807, 2.05) is 53.4 Å². The van der Waals surface area contributed by atoms with Crippen molar-refractivity contribution in [1.82, 2.24) is 19.8 Å². The summed E-state index contributed by atoms with van der Waals surface area (Å²) in [6, 6.07) is 10.5. The zero-order valence-corrected chi connectivity index (χ0v) is 28.8. The molecule has 2 amide bonds. The standard InChI is InChI=1S/C35H52N6O5/c1-23(37-31-36-16-15-30(38-31)41-29(22-44-33(41)43)24(2)45-34(3,4)5)26-11-13-27(14-12-26)28(21-25-9-10-25)39-17-19-40(20-18-39)32(42)46-35(6,7)8/h11-16,23-25,28-29H,9-10,17-22H2,1-8H3,(H,36,37,38)/t23-,24+,28?,29+/m0/s1. The number of hydrogen-bond donors (Lipinski definition) is 1. The minimum Gasteiger partial charge on any atom is -0.447 e. The van der Waals surface area contributed by atoms with Crippen LogP contribution in [0.15, 0.2) is 36.5 Å². The van der Waals surface area contributed by atoms with Gasteiger partial charge in [-0.05, 0) is 84.9 Å². The number of hydrogen-bond acceptors (Lipinski definition) is 9. The van der Waals surface area contributed by atoms with Gasteiger partial charge in [0, 0.05) is 38.4 Å². The Hall–Kier alpha value is -3.44. The quantitative estimate of drug-likeness (QED) is 0.310. The SMILES string of the molecule is C[C@H](Nc1nccc(N2C(=O)OC[C@@H]2[C@@H](C)OC(C)(C)C)n1)c1ccc(C(CC2CC2)N2CCN(C(=O)OC(C)(C)C)CC2)cc1. The van der Waals surface area contributed by atoms with Crippen molar-refractivity contribution in [1.29, 1.82) is 0 Å². The number of carbonyl (C=O) groups is 2. The smallest absolute Gasteiger partial charge is 0.416 e. The average molecular weight is 637 g/mol. The number of nitrogens with one attached hydrogen (secondary N) is 1. The van der Waals surface area contributed by atoms with E-state index in [1.54, 1.807) is 17.2 Å².